The second-order valence-electron chi connectivity index (χ2n) is 7.23. The van der Waals surface area contributed by atoms with Crippen LogP contribution in [0, 0.1) is 5.92 Å². The molecule has 1 saturated heterocycles. The molecule has 0 radical (unpaired) electrons. The van der Waals surface area contributed by atoms with Crippen LogP contribution >= 0.6 is 0 Å². The van der Waals surface area contributed by atoms with Crippen molar-refractivity contribution in [1.82, 2.24) is 10.2 Å². The van der Waals surface area contributed by atoms with Gasteiger partial charge in [0, 0.05) is 43.9 Å². The summed E-state index contributed by atoms with van der Waals surface area (Å²) in [6.45, 7) is 12.7. The van der Waals surface area contributed by atoms with Crippen molar-refractivity contribution >= 4 is 0 Å². The molecule has 3 nitrogen and oxygen atoms in total. The van der Waals surface area contributed by atoms with Crippen molar-refractivity contribution in [1.29, 1.82) is 0 Å². The summed E-state index contributed by atoms with van der Waals surface area (Å²) in [7, 11) is 1.81. The molecule has 3 heteroatoms. The quantitative estimate of drug-likeness (QED) is 0.777. The van der Waals surface area contributed by atoms with Gasteiger partial charge in [0.2, 0.25) is 0 Å². The van der Waals surface area contributed by atoms with Crippen LogP contribution in [0.3, 0.4) is 0 Å². The Hall–Kier alpha value is -0.120. The number of hydrogen-bond acceptors (Lipinski definition) is 3. The minimum absolute atomic E-state index is 0.315. The molecule has 2 aliphatic rings. The number of hydrogen-bond donors (Lipinski definition) is 1. The lowest BCUT2D eigenvalue weighted by molar-refractivity contribution is -0.0351. The van der Waals surface area contributed by atoms with Gasteiger partial charge in [-0.1, -0.05) is 13.8 Å². The van der Waals surface area contributed by atoms with E-state index in [1.54, 1.807) is 0 Å². The number of nitrogens with zero attached hydrogens (tertiary/aromatic N) is 1. The van der Waals surface area contributed by atoms with E-state index in [0.717, 1.165) is 25.5 Å². The highest BCUT2D eigenvalue weighted by Crippen LogP contribution is 2.46. The van der Waals surface area contributed by atoms with Gasteiger partial charge in [0.1, 0.15) is 0 Å². The molecule has 1 heterocycles. The first-order chi connectivity index (χ1) is 9.51. The molecule has 2 fully saturated rings. The third-order valence-corrected chi connectivity index (χ3v) is 6.03. The van der Waals surface area contributed by atoms with E-state index in [9.17, 15) is 0 Å². The molecular formula is C17H34N2O. The molecule has 2 unspecified atom stereocenters. The van der Waals surface area contributed by atoms with Crippen LogP contribution in [-0.4, -0.2) is 48.8 Å². The molecule has 2 atom stereocenters. The van der Waals surface area contributed by atoms with Crippen molar-refractivity contribution in [2.45, 2.75) is 76.9 Å². The topological polar surface area (TPSA) is 24.5 Å². The van der Waals surface area contributed by atoms with Crippen LogP contribution in [0.5, 0.6) is 0 Å². The zero-order valence-electron chi connectivity index (χ0n) is 14.2. The zero-order valence-corrected chi connectivity index (χ0v) is 14.2. The first-order valence-corrected chi connectivity index (χ1v) is 8.52. The van der Waals surface area contributed by atoms with Crippen molar-refractivity contribution in [3.8, 4) is 0 Å². The molecule has 0 amide bonds. The zero-order chi connectivity index (χ0) is 14.8. The van der Waals surface area contributed by atoms with Gasteiger partial charge < -0.3 is 10.1 Å². The van der Waals surface area contributed by atoms with Gasteiger partial charge in [-0.05, 0) is 51.9 Å². The molecule has 0 aromatic carbocycles. The molecule has 2 rings (SSSR count). The number of rotatable bonds is 7. The fourth-order valence-electron chi connectivity index (χ4n) is 3.94. The summed E-state index contributed by atoms with van der Waals surface area (Å²) in [5.74, 6) is 0.895. The number of piperazine rings is 1. The van der Waals surface area contributed by atoms with E-state index in [1.165, 1.54) is 32.2 Å². The first kappa shape index (κ1) is 16.3. The lowest BCUT2D eigenvalue weighted by Gasteiger charge is -2.56. The van der Waals surface area contributed by atoms with Gasteiger partial charge >= 0.3 is 0 Å². The van der Waals surface area contributed by atoms with Gasteiger partial charge in [0.15, 0.2) is 0 Å². The van der Waals surface area contributed by atoms with Crippen LogP contribution in [0.15, 0.2) is 0 Å². The molecule has 1 aliphatic heterocycles. The first-order valence-electron chi connectivity index (χ1n) is 8.52. The van der Waals surface area contributed by atoms with Crippen LogP contribution in [-0.2, 0) is 4.74 Å². The summed E-state index contributed by atoms with van der Waals surface area (Å²) >= 11 is 0. The molecule has 1 aliphatic carbocycles. The van der Waals surface area contributed by atoms with E-state index in [2.05, 4.69) is 37.9 Å². The predicted octanol–water partition coefficient (Wildman–Crippen LogP) is 3.04. The molecule has 0 aromatic heterocycles. The van der Waals surface area contributed by atoms with Gasteiger partial charge in [0.05, 0.1) is 0 Å². The Labute approximate surface area is 125 Å². The summed E-state index contributed by atoms with van der Waals surface area (Å²) in [4.78, 5) is 2.81. The third-order valence-electron chi connectivity index (χ3n) is 6.03. The van der Waals surface area contributed by atoms with Gasteiger partial charge in [0.25, 0.3) is 0 Å². The van der Waals surface area contributed by atoms with Crippen LogP contribution in [0.2, 0.25) is 0 Å². The van der Waals surface area contributed by atoms with Crippen LogP contribution < -0.4 is 5.32 Å². The normalized spacial score (nSPS) is 32.2. The Morgan fingerprint density at radius 2 is 1.95 bits per heavy atom. The second-order valence-corrected chi connectivity index (χ2v) is 7.23. The average Bonchev–Trinajstić information content (AvgIpc) is 3.31. The summed E-state index contributed by atoms with van der Waals surface area (Å²) < 4.78 is 5.31. The Bertz CT molecular complexity index is 312. The molecular weight excluding hydrogens is 248 g/mol. The van der Waals surface area contributed by atoms with Crippen LogP contribution in [0.1, 0.15) is 59.8 Å². The molecule has 1 N–H and O–H groups in total. The highest BCUT2D eigenvalue weighted by Gasteiger charge is 2.52. The fourth-order valence-corrected chi connectivity index (χ4v) is 3.94. The Morgan fingerprint density at radius 3 is 2.45 bits per heavy atom. The molecule has 0 bridgehead atoms. The molecule has 0 aromatic rings. The van der Waals surface area contributed by atoms with E-state index >= 15 is 0 Å². The van der Waals surface area contributed by atoms with Crippen LogP contribution in [0.25, 0.3) is 0 Å². The summed E-state index contributed by atoms with van der Waals surface area (Å²) in [5, 5.41) is 3.91. The lowest BCUT2D eigenvalue weighted by Crippen LogP contribution is -2.71. The predicted molar refractivity (Wildman–Crippen MR) is 85.1 cm³/mol. The smallest absolute Gasteiger partial charge is 0.0477 e. The van der Waals surface area contributed by atoms with Crippen molar-refractivity contribution in [2.24, 2.45) is 5.92 Å². The third kappa shape index (κ3) is 3.05. The second kappa shape index (κ2) is 6.33. The van der Waals surface area contributed by atoms with Crippen molar-refractivity contribution in [3.05, 3.63) is 0 Å². The van der Waals surface area contributed by atoms with Gasteiger partial charge in [-0.2, -0.15) is 0 Å². The monoisotopic (exact) mass is 282 g/mol. The summed E-state index contributed by atoms with van der Waals surface area (Å²) in [5.41, 5.74) is 0.663. The molecule has 118 valence electrons. The maximum Gasteiger partial charge on any atom is 0.0477 e. The van der Waals surface area contributed by atoms with Crippen molar-refractivity contribution in [3.63, 3.8) is 0 Å². The average molecular weight is 282 g/mol. The van der Waals surface area contributed by atoms with Crippen molar-refractivity contribution in [2.75, 3.05) is 26.8 Å². The van der Waals surface area contributed by atoms with Gasteiger partial charge in [-0.25, -0.2) is 0 Å². The number of ether oxygens (including phenoxy) is 1. The van der Waals surface area contributed by atoms with E-state index in [-0.39, 0.29) is 0 Å². The Balaban J connectivity index is 2.14. The highest BCUT2D eigenvalue weighted by molar-refractivity contribution is 5.09. The molecule has 1 saturated carbocycles. The van der Waals surface area contributed by atoms with E-state index in [0.29, 0.717) is 17.1 Å². The molecule has 0 spiro atoms. The minimum atomic E-state index is 0.315. The van der Waals surface area contributed by atoms with E-state index in [4.69, 9.17) is 4.74 Å². The molecule has 20 heavy (non-hydrogen) atoms. The Kier molecular flexibility index (Phi) is 5.14. The number of nitrogens with one attached hydrogen (secondary N) is 1. The maximum absolute atomic E-state index is 5.31. The SMILES string of the molecule is CCC1(CC)CN(C(C)CCOC)C(C)(C2CC2)CN1. The largest absolute Gasteiger partial charge is 0.385 e. The standard InChI is InChI=1S/C17H34N2O/c1-6-17(7-2)13-19(14(3)10-11-20-5)16(4,12-18-17)15-8-9-15/h14-15,18H,6-13H2,1-5H3. The maximum atomic E-state index is 5.31. The van der Waals surface area contributed by atoms with E-state index < -0.39 is 0 Å². The summed E-state index contributed by atoms with van der Waals surface area (Å²) in [6.07, 6.45) is 6.41. The lowest BCUT2D eigenvalue weighted by atomic mass is 9.80. The summed E-state index contributed by atoms with van der Waals surface area (Å²) in [6, 6.07) is 0.611. The van der Waals surface area contributed by atoms with Crippen LogP contribution in [0.4, 0.5) is 0 Å². The highest BCUT2D eigenvalue weighted by atomic mass is 16.5. The van der Waals surface area contributed by atoms with Gasteiger partial charge in [-0.3, -0.25) is 4.90 Å². The number of methoxy groups -OCH3 is 1. The fraction of sp³-hybridized carbons (Fsp3) is 1.00. The van der Waals surface area contributed by atoms with Crippen molar-refractivity contribution < 1.29 is 4.74 Å². The van der Waals surface area contributed by atoms with E-state index in [1.807, 2.05) is 7.11 Å². The Morgan fingerprint density at radius 1 is 1.30 bits per heavy atom. The van der Waals surface area contributed by atoms with Gasteiger partial charge in [-0.15, -0.1) is 0 Å². The minimum Gasteiger partial charge on any atom is -0.385 e.